The lowest BCUT2D eigenvalue weighted by Crippen LogP contribution is -2.35. The maximum Gasteiger partial charge on any atom is 0.225 e. The number of anilines is 1. The Morgan fingerprint density at radius 2 is 2.21 bits per heavy atom. The van der Waals surface area contributed by atoms with E-state index < -0.39 is 0 Å². The van der Waals surface area contributed by atoms with Crippen molar-refractivity contribution in [3.05, 3.63) is 64.6 Å². The number of imidazole rings is 1. The molecule has 4 rings (SSSR count). The Hall–Kier alpha value is -3.64. The van der Waals surface area contributed by atoms with E-state index in [4.69, 9.17) is 4.74 Å². The van der Waals surface area contributed by atoms with Gasteiger partial charge in [0.15, 0.2) is 0 Å². The summed E-state index contributed by atoms with van der Waals surface area (Å²) in [6.07, 6.45) is 7.13. The van der Waals surface area contributed by atoms with E-state index >= 15 is 0 Å². The highest BCUT2D eigenvalue weighted by atomic mass is 32.1. The molecule has 170 valence electrons. The third-order valence-corrected chi connectivity index (χ3v) is 6.82. The van der Waals surface area contributed by atoms with Gasteiger partial charge in [-0.2, -0.15) is 5.26 Å². The third kappa shape index (κ3) is 5.41. The average molecular weight is 464 g/mol. The fourth-order valence-corrected chi connectivity index (χ4v) is 5.13. The molecular weight excluding hydrogens is 438 g/mol. The zero-order valence-corrected chi connectivity index (χ0v) is 19.2. The Kier molecular flexibility index (Phi) is 7.05. The van der Waals surface area contributed by atoms with Crippen LogP contribution in [-0.4, -0.2) is 39.9 Å². The van der Waals surface area contributed by atoms with Crippen molar-refractivity contribution in [2.24, 2.45) is 0 Å². The van der Waals surface area contributed by atoms with Crippen molar-refractivity contribution in [1.82, 2.24) is 14.5 Å². The van der Waals surface area contributed by atoms with Gasteiger partial charge in [0.1, 0.15) is 16.8 Å². The number of thiophene rings is 1. The quantitative estimate of drug-likeness (QED) is 0.552. The van der Waals surface area contributed by atoms with Crippen molar-refractivity contribution in [1.29, 1.82) is 5.26 Å². The largest absolute Gasteiger partial charge is 0.497 e. The summed E-state index contributed by atoms with van der Waals surface area (Å²) in [6.45, 7) is 1.63. The number of hydrogen-bond acceptors (Lipinski definition) is 6. The molecule has 0 aliphatic carbocycles. The number of aromatic nitrogens is 2. The highest BCUT2D eigenvalue weighted by Crippen LogP contribution is 2.37. The molecule has 0 unspecified atom stereocenters. The van der Waals surface area contributed by atoms with Crippen LogP contribution in [0.1, 0.15) is 34.4 Å². The van der Waals surface area contributed by atoms with E-state index in [2.05, 4.69) is 16.4 Å². The smallest absolute Gasteiger partial charge is 0.225 e. The molecule has 8 nitrogen and oxygen atoms in total. The molecule has 0 bridgehead atoms. The van der Waals surface area contributed by atoms with E-state index in [0.29, 0.717) is 55.9 Å². The molecule has 1 aliphatic heterocycles. The van der Waals surface area contributed by atoms with Crippen LogP contribution in [0.25, 0.3) is 0 Å². The predicted octanol–water partition coefficient (Wildman–Crippen LogP) is 3.37. The number of methoxy groups -OCH3 is 1. The number of hydrogen-bond donors (Lipinski definition) is 1. The van der Waals surface area contributed by atoms with Crippen LogP contribution in [0.3, 0.4) is 0 Å². The van der Waals surface area contributed by atoms with Crippen LogP contribution < -0.4 is 10.1 Å². The zero-order chi connectivity index (χ0) is 23.2. The van der Waals surface area contributed by atoms with Crippen LogP contribution in [0.5, 0.6) is 5.75 Å². The number of nitriles is 1. The Labute approximate surface area is 196 Å². The topological polar surface area (TPSA) is 100 Å². The van der Waals surface area contributed by atoms with E-state index in [1.807, 2.05) is 39.9 Å². The lowest BCUT2D eigenvalue weighted by Gasteiger charge is -2.27. The Balaban J connectivity index is 1.37. The molecule has 0 radical (unpaired) electrons. The summed E-state index contributed by atoms with van der Waals surface area (Å²) in [5, 5.41) is 13.2. The molecule has 0 fully saturated rings. The fraction of sp³-hybridized carbons (Fsp3) is 0.333. The van der Waals surface area contributed by atoms with Gasteiger partial charge in [0.25, 0.3) is 0 Å². The first-order chi connectivity index (χ1) is 16.1. The number of aryl methyl sites for hydroxylation is 2. The van der Waals surface area contributed by atoms with Crippen molar-refractivity contribution < 1.29 is 14.3 Å². The molecule has 0 saturated carbocycles. The van der Waals surface area contributed by atoms with E-state index in [0.717, 1.165) is 21.8 Å². The number of nitrogens with one attached hydrogen (secondary N) is 1. The molecule has 0 spiro atoms. The van der Waals surface area contributed by atoms with E-state index in [-0.39, 0.29) is 11.8 Å². The SMILES string of the molecule is COc1cccc(CCC(=O)Nc2sc3c(c2C#N)CCN(C(=O)CCn2ccnc2)C3)c1. The van der Waals surface area contributed by atoms with Gasteiger partial charge in [-0.15, -0.1) is 11.3 Å². The molecular formula is C24H25N5O3S. The summed E-state index contributed by atoms with van der Waals surface area (Å²) in [4.78, 5) is 32.0. The minimum atomic E-state index is -0.138. The van der Waals surface area contributed by atoms with Crippen LogP contribution >= 0.6 is 11.3 Å². The molecule has 1 N–H and O–H groups in total. The lowest BCUT2D eigenvalue weighted by molar-refractivity contribution is -0.132. The van der Waals surface area contributed by atoms with E-state index in [9.17, 15) is 14.9 Å². The first-order valence-electron chi connectivity index (χ1n) is 10.8. The first-order valence-corrected chi connectivity index (χ1v) is 11.6. The molecule has 3 aromatic rings. The first kappa shape index (κ1) is 22.6. The highest BCUT2D eigenvalue weighted by molar-refractivity contribution is 7.16. The Morgan fingerprint density at radius 1 is 1.33 bits per heavy atom. The van der Waals surface area contributed by atoms with Gasteiger partial charge in [-0.05, 0) is 36.1 Å². The molecule has 1 aromatic carbocycles. The zero-order valence-electron chi connectivity index (χ0n) is 18.4. The number of carbonyl (C=O) groups excluding carboxylic acids is 2. The van der Waals surface area contributed by atoms with Gasteiger partial charge in [0.2, 0.25) is 11.8 Å². The number of rotatable bonds is 8. The van der Waals surface area contributed by atoms with Crippen LogP contribution in [-0.2, 0) is 35.5 Å². The molecule has 33 heavy (non-hydrogen) atoms. The number of amides is 2. The molecule has 3 heterocycles. The lowest BCUT2D eigenvalue weighted by atomic mass is 10.0. The summed E-state index contributed by atoms with van der Waals surface area (Å²) in [5.41, 5.74) is 2.49. The van der Waals surface area contributed by atoms with Gasteiger partial charge in [0, 0.05) is 43.2 Å². The maximum atomic E-state index is 12.7. The number of ether oxygens (including phenoxy) is 1. The number of carbonyl (C=O) groups is 2. The summed E-state index contributed by atoms with van der Waals surface area (Å²) in [7, 11) is 1.61. The van der Waals surface area contributed by atoms with Gasteiger partial charge in [-0.1, -0.05) is 12.1 Å². The van der Waals surface area contributed by atoms with Crippen molar-refractivity contribution >= 4 is 28.2 Å². The molecule has 9 heteroatoms. The second-order valence-electron chi connectivity index (χ2n) is 7.84. The van der Waals surface area contributed by atoms with Crippen molar-refractivity contribution in [2.75, 3.05) is 19.0 Å². The maximum absolute atomic E-state index is 12.7. The summed E-state index contributed by atoms with van der Waals surface area (Å²) in [5.74, 6) is 0.695. The minimum Gasteiger partial charge on any atom is -0.497 e. The standard InChI is InChI=1S/C24H25N5O3S/c1-32-18-4-2-3-17(13-18)5-6-22(30)27-24-20(14-25)19-7-11-29(15-21(19)33-24)23(31)8-10-28-12-9-26-16-28/h2-4,9,12-13,16H,5-8,10-11,15H2,1H3,(H,27,30). The van der Waals surface area contributed by atoms with Gasteiger partial charge in [-0.3, -0.25) is 9.59 Å². The van der Waals surface area contributed by atoms with Crippen molar-refractivity contribution in [2.45, 2.75) is 38.8 Å². The summed E-state index contributed by atoms with van der Waals surface area (Å²) >= 11 is 1.40. The van der Waals surface area contributed by atoms with E-state index in [1.165, 1.54) is 11.3 Å². The fourth-order valence-electron chi connectivity index (χ4n) is 3.90. The number of fused-ring (bicyclic) bond motifs is 1. The van der Waals surface area contributed by atoms with E-state index in [1.54, 1.807) is 19.6 Å². The van der Waals surface area contributed by atoms with Crippen molar-refractivity contribution in [3.8, 4) is 11.8 Å². The summed E-state index contributed by atoms with van der Waals surface area (Å²) < 4.78 is 7.11. The predicted molar refractivity (Wildman–Crippen MR) is 125 cm³/mol. The number of benzene rings is 1. The van der Waals surface area contributed by atoms with Gasteiger partial charge < -0.3 is 19.5 Å². The molecule has 2 aromatic heterocycles. The minimum absolute atomic E-state index is 0.0742. The Bertz CT molecular complexity index is 1180. The second-order valence-corrected chi connectivity index (χ2v) is 8.94. The second kappa shape index (κ2) is 10.3. The molecule has 2 amide bonds. The monoisotopic (exact) mass is 463 g/mol. The Morgan fingerprint density at radius 3 is 2.97 bits per heavy atom. The molecule has 0 atom stereocenters. The summed E-state index contributed by atoms with van der Waals surface area (Å²) in [6, 6.07) is 9.89. The van der Waals surface area contributed by atoms with Crippen LogP contribution in [0.2, 0.25) is 0 Å². The highest BCUT2D eigenvalue weighted by Gasteiger charge is 2.27. The molecule has 1 aliphatic rings. The van der Waals surface area contributed by atoms with Gasteiger partial charge >= 0.3 is 0 Å². The van der Waals surface area contributed by atoms with Crippen LogP contribution in [0.15, 0.2) is 43.0 Å². The average Bonchev–Trinajstić information content (AvgIpc) is 3.48. The van der Waals surface area contributed by atoms with Crippen LogP contribution in [0, 0.1) is 11.3 Å². The van der Waals surface area contributed by atoms with Gasteiger partial charge in [0.05, 0.1) is 25.5 Å². The van der Waals surface area contributed by atoms with Crippen LogP contribution in [0.4, 0.5) is 5.00 Å². The molecule has 0 saturated heterocycles. The normalized spacial score (nSPS) is 12.7. The third-order valence-electron chi connectivity index (χ3n) is 5.69. The number of nitrogens with zero attached hydrogens (tertiary/aromatic N) is 4. The van der Waals surface area contributed by atoms with Gasteiger partial charge in [-0.25, -0.2) is 4.98 Å². The van der Waals surface area contributed by atoms with Crippen molar-refractivity contribution in [3.63, 3.8) is 0 Å².